The second-order valence-corrected chi connectivity index (χ2v) is 6.97. The maximum Gasteiger partial charge on any atom is 0.357 e. The number of benzene rings is 1. The Morgan fingerprint density at radius 2 is 2.00 bits per heavy atom. The first-order chi connectivity index (χ1) is 13.1. The molecule has 0 aliphatic rings. The molecule has 3 aromatic heterocycles. The van der Waals surface area contributed by atoms with Crippen LogP contribution in [0.15, 0.2) is 58.4 Å². The summed E-state index contributed by atoms with van der Waals surface area (Å²) in [5, 5.41) is 10.5. The number of thiophene rings is 1. The Bertz CT molecular complexity index is 1050. The monoisotopic (exact) mass is 379 g/mol. The zero-order valence-electron chi connectivity index (χ0n) is 14.9. The number of carbonyl (C=O) groups is 1. The lowest BCUT2D eigenvalue weighted by Gasteiger charge is -2.07. The van der Waals surface area contributed by atoms with Crippen molar-refractivity contribution in [1.29, 1.82) is 0 Å². The van der Waals surface area contributed by atoms with E-state index in [-0.39, 0.29) is 6.61 Å². The van der Waals surface area contributed by atoms with Crippen LogP contribution in [0.1, 0.15) is 27.5 Å². The Balaban J connectivity index is 1.67. The number of rotatable bonds is 5. The van der Waals surface area contributed by atoms with Gasteiger partial charge in [0.05, 0.1) is 21.8 Å². The number of esters is 1. The highest BCUT2D eigenvalue weighted by atomic mass is 32.1. The lowest BCUT2D eigenvalue weighted by atomic mass is 10.2. The number of para-hydroxylation sites is 1. The predicted octanol–water partition coefficient (Wildman–Crippen LogP) is 4.56. The lowest BCUT2D eigenvalue weighted by Crippen LogP contribution is -2.12. The summed E-state index contributed by atoms with van der Waals surface area (Å²) in [6, 6.07) is 15.2. The molecule has 136 valence electrons. The van der Waals surface area contributed by atoms with E-state index >= 15 is 0 Å². The van der Waals surface area contributed by atoms with E-state index in [1.807, 2.05) is 54.8 Å². The minimum atomic E-state index is -0.450. The van der Waals surface area contributed by atoms with E-state index in [0.29, 0.717) is 11.5 Å². The summed E-state index contributed by atoms with van der Waals surface area (Å²) in [6.45, 7) is 3.73. The third kappa shape index (κ3) is 3.41. The topological polar surface area (TPSA) is 70.2 Å². The molecule has 0 spiro atoms. The van der Waals surface area contributed by atoms with Crippen LogP contribution in [0.25, 0.3) is 16.3 Å². The van der Waals surface area contributed by atoms with Crippen LogP contribution in [0.3, 0.4) is 0 Å². The summed E-state index contributed by atoms with van der Waals surface area (Å²) in [5.74, 6) is 0.199. The van der Waals surface area contributed by atoms with Gasteiger partial charge in [0.1, 0.15) is 18.1 Å². The molecule has 0 bridgehead atoms. The molecule has 0 atom stereocenters. The van der Waals surface area contributed by atoms with Crippen molar-refractivity contribution in [2.45, 2.75) is 20.5 Å². The zero-order chi connectivity index (χ0) is 18.8. The Labute approximate surface area is 160 Å². The molecule has 0 radical (unpaired) electrons. The average molecular weight is 379 g/mol. The SMILES string of the molecule is Cc1noc(C)c1COC(=O)c1cc(-c2cccs2)nn1-c1ccccc1. The normalized spacial score (nSPS) is 10.9. The summed E-state index contributed by atoms with van der Waals surface area (Å²) in [4.78, 5) is 13.8. The van der Waals surface area contributed by atoms with E-state index in [2.05, 4.69) is 10.3 Å². The summed E-state index contributed by atoms with van der Waals surface area (Å²) in [7, 11) is 0. The second-order valence-electron chi connectivity index (χ2n) is 6.02. The van der Waals surface area contributed by atoms with Crippen LogP contribution in [-0.4, -0.2) is 20.9 Å². The van der Waals surface area contributed by atoms with Gasteiger partial charge < -0.3 is 9.26 Å². The molecular weight excluding hydrogens is 362 g/mol. The van der Waals surface area contributed by atoms with Gasteiger partial charge in [-0.1, -0.05) is 29.4 Å². The van der Waals surface area contributed by atoms with E-state index in [1.54, 1.807) is 29.0 Å². The van der Waals surface area contributed by atoms with E-state index in [4.69, 9.17) is 9.26 Å². The van der Waals surface area contributed by atoms with Crippen LogP contribution in [0.4, 0.5) is 0 Å². The molecule has 0 amide bonds. The standard InChI is InChI=1S/C20H17N3O3S/c1-13-16(14(2)26-22-13)12-25-20(24)18-11-17(19-9-6-10-27-19)21-23(18)15-7-4-3-5-8-15/h3-11H,12H2,1-2H3. The van der Waals surface area contributed by atoms with Crippen molar-refractivity contribution >= 4 is 17.3 Å². The molecular formula is C20H17N3O3S. The van der Waals surface area contributed by atoms with Gasteiger partial charge in [0, 0.05) is 6.07 Å². The quantitative estimate of drug-likeness (QED) is 0.475. The fraction of sp³-hybridized carbons (Fsp3) is 0.150. The molecule has 0 aliphatic carbocycles. The van der Waals surface area contributed by atoms with Crippen LogP contribution < -0.4 is 0 Å². The Morgan fingerprint density at radius 1 is 1.19 bits per heavy atom. The number of hydrogen-bond donors (Lipinski definition) is 0. The number of carbonyl (C=O) groups excluding carboxylic acids is 1. The molecule has 7 heteroatoms. The van der Waals surface area contributed by atoms with Gasteiger partial charge in [0.15, 0.2) is 5.69 Å². The largest absolute Gasteiger partial charge is 0.456 e. The van der Waals surface area contributed by atoms with Crippen molar-refractivity contribution in [2.24, 2.45) is 0 Å². The van der Waals surface area contributed by atoms with Crippen molar-refractivity contribution in [3.05, 3.63) is 76.6 Å². The number of ether oxygens (including phenoxy) is 1. The molecule has 4 rings (SSSR count). The van der Waals surface area contributed by atoms with E-state index in [9.17, 15) is 4.79 Å². The van der Waals surface area contributed by atoms with Crippen LogP contribution >= 0.6 is 11.3 Å². The highest BCUT2D eigenvalue weighted by Gasteiger charge is 2.20. The van der Waals surface area contributed by atoms with Gasteiger partial charge in [-0.15, -0.1) is 11.3 Å². The third-order valence-corrected chi connectivity index (χ3v) is 5.11. The zero-order valence-corrected chi connectivity index (χ0v) is 15.7. The first-order valence-electron chi connectivity index (χ1n) is 8.41. The first-order valence-corrected chi connectivity index (χ1v) is 9.29. The molecule has 0 N–H and O–H groups in total. The van der Waals surface area contributed by atoms with Crippen molar-refractivity contribution in [3.63, 3.8) is 0 Å². The number of aryl methyl sites for hydroxylation is 2. The van der Waals surface area contributed by atoms with Gasteiger partial charge in [-0.3, -0.25) is 0 Å². The van der Waals surface area contributed by atoms with Gasteiger partial charge in [-0.25, -0.2) is 9.48 Å². The summed E-state index contributed by atoms with van der Waals surface area (Å²) in [5.41, 5.74) is 3.41. The summed E-state index contributed by atoms with van der Waals surface area (Å²) >= 11 is 1.57. The number of nitrogens with zero attached hydrogens (tertiary/aromatic N) is 3. The van der Waals surface area contributed by atoms with Crippen LogP contribution in [-0.2, 0) is 11.3 Å². The molecule has 0 fully saturated rings. The molecule has 6 nitrogen and oxygen atoms in total. The molecule has 27 heavy (non-hydrogen) atoms. The fourth-order valence-electron chi connectivity index (χ4n) is 2.76. The molecule has 3 heterocycles. The van der Waals surface area contributed by atoms with Crippen molar-refractivity contribution in [2.75, 3.05) is 0 Å². The van der Waals surface area contributed by atoms with Crippen LogP contribution in [0, 0.1) is 13.8 Å². The minimum Gasteiger partial charge on any atom is -0.456 e. The number of hydrogen-bond acceptors (Lipinski definition) is 6. The Morgan fingerprint density at radius 3 is 2.67 bits per heavy atom. The molecule has 0 aliphatic heterocycles. The van der Waals surface area contributed by atoms with Crippen LogP contribution in [0.2, 0.25) is 0 Å². The molecule has 0 saturated carbocycles. The first kappa shape index (κ1) is 17.2. The third-order valence-electron chi connectivity index (χ3n) is 4.22. The van der Waals surface area contributed by atoms with Gasteiger partial charge in [-0.05, 0) is 37.4 Å². The van der Waals surface area contributed by atoms with Gasteiger partial charge in [0.25, 0.3) is 0 Å². The highest BCUT2D eigenvalue weighted by Crippen LogP contribution is 2.26. The van der Waals surface area contributed by atoms with E-state index < -0.39 is 5.97 Å². The second kappa shape index (κ2) is 7.20. The van der Waals surface area contributed by atoms with Crippen molar-refractivity contribution in [1.82, 2.24) is 14.9 Å². The molecule has 1 aromatic carbocycles. The maximum absolute atomic E-state index is 12.8. The van der Waals surface area contributed by atoms with Gasteiger partial charge >= 0.3 is 5.97 Å². The average Bonchev–Trinajstić information content (AvgIpc) is 3.41. The Hall–Kier alpha value is -3.19. The summed E-state index contributed by atoms with van der Waals surface area (Å²) in [6.07, 6.45) is 0. The molecule has 0 unspecified atom stereocenters. The van der Waals surface area contributed by atoms with Crippen LogP contribution in [0.5, 0.6) is 0 Å². The minimum absolute atomic E-state index is 0.105. The highest BCUT2D eigenvalue weighted by molar-refractivity contribution is 7.13. The maximum atomic E-state index is 12.8. The van der Waals surface area contributed by atoms with Crippen molar-refractivity contribution in [3.8, 4) is 16.3 Å². The number of aromatic nitrogens is 3. The lowest BCUT2D eigenvalue weighted by molar-refractivity contribution is 0.0460. The van der Waals surface area contributed by atoms with Crippen molar-refractivity contribution < 1.29 is 14.1 Å². The van der Waals surface area contributed by atoms with E-state index in [0.717, 1.165) is 27.5 Å². The van der Waals surface area contributed by atoms with Gasteiger partial charge in [-0.2, -0.15) is 5.10 Å². The molecule has 0 saturated heterocycles. The summed E-state index contributed by atoms with van der Waals surface area (Å²) < 4.78 is 12.3. The fourth-order valence-corrected chi connectivity index (χ4v) is 3.44. The Kier molecular flexibility index (Phi) is 4.60. The van der Waals surface area contributed by atoms with Gasteiger partial charge in [0.2, 0.25) is 0 Å². The molecule has 4 aromatic rings. The van der Waals surface area contributed by atoms with E-state index in [1.165, 1.54) is 0 Å². The predicted molar refractivity (Wildman–Crippen MR) is 102 cm³/mol. The smallest absolute Gasteiger partial charge is 0.357 e.